The second kappa shape index (κ2) is 6.50. The largest absolute Gasteiger partial charge is 0.486 e. The molecule has 0 heterocycles. The van der Waals surface area contributed by atoms with Gasteiger partial charge in [0.05, 0.1) is 0 Å². The molecule has 1 fully saturated rings. The van der Waals surface area contributed by atoms with Crippen molar-refractivity contribution in [1.29, 1.82) is 0 Å². The van der Waals surface area contributed by atoms with E-state index in [9.17, 15) is 9.59 Å². The lowest BCUT2D eigenvalue weighted by molar-refractivity contribution is -0.124. The van der Waals surface area contributed by atoms with Gasteiger partial charge in [0, 0.05) is 17.9 Å². The summed E-state index contributed by atoms with van der Waals surface area (Å²) < 4.78 is 5.49. The summed E-state index contributed by atoms with van der Waals surface area (Å²) in [5, 5.41) is 0. The van der Waals surface area contributed by atoms with Crippen LogP contribution in [-0.4, -0.2) is 18.2 Å². The lowest BCUT2D eigenvalue weighted by Crippen LogP contribution is -2.19. The normalized spacial score (nSPS) is 15.4. The van der Waals surface area contributed by atoms with Crippen LogP contribution < -0.4 is 4.74 Å². The molecule has 0 aromatic heterocycles. The third kappa shape index (κ3) is 3.66. The minimum atomic E-state index is 0.119. The maximum absolute atomic E-state index is 11.9. The van der Waals surface area contributed by atoms with Crippen LogP contribution in [0.3, 0.4) is 0 Å². The van der Waals surface area contributed by atoms with Gasteiger partial charge in [0.25, 0.3) is 0 Å². The Morgan fingerprint density at radius 3 is 2.37 bits per heavy atom. The van der Waals surface area contributed by atoms with Gasteiger partial charge < -0.3 is 4.74 Å². The molecule has 1 aliphatic rings. The molecule has 0 N–H and O–H groups in total. The van der Waals surface area contributed by atoms with E-state index in [1.807, 2.05) is 6.92 Å². The van der Waals surface area contributed by atoms with Gasteiger partial charge in [-0.15, -0.1) is 0 Å². The number of Topliss-reactive ketones (excluding diaryl/α,β-unsaturated/α-hetero) is 2. The van der Waals surface area contributed by atoms with E-state index in [4.69, 9.17) is 4.74 Å². The van der Waals surface area contributed by atoms with Gasteiger partial charge in [-0.05, 0) is 37.1 Å². The summed E-state index contributed by atoms with van der Waals surface area (Å²) >= 11 is 0. The van der Waals surface area contributed by atoms with E-state index in [1.165, 1.54) is 0 Å². The molecule has 0 aliphatic heterocycles. The highest BCUT2D eigenvalue weighted by molar-refractivity contribution is 5.95. The summed E-state index contributed by atoms with van der Waals surface area (Å²) in [4.78, 5) is 23.3. The Bertz CT molecular complexity index is 442. The predicted molar refractivity (Wildman–Crippen MR) is 73.5 cm³/mol. The van der Waals surface area contributed by atoms with Crippen LogP contribution in [0, 0.1) is 5.92 Å². The van der Waals surface area contributed by atoms with Gasteiger partial charge in [-0.1, -0.05) is 19.8 Å². The van der Waals surface area contributed by atoms with Gasteiger partial charge in [0.2, 0.25) is 0 Å². The van der Waals surface area contributed by atoms with E-state index in [2.05, 4.69) is 0 Å². The van der Waals surface area contributed by atoms with Crippen LogP contribution >= 0.6 is 0 Å². The third-order valence-corrected chi connectivity index (χ3v) is 3.69. The van der Waals surface area contributed by atoms with Crippen molar-refractivity contribution in [3.8, 4) is 5.75 Å². The van der Waals surface area contributed by atoms with Crippen molar-refractivity contribution in [1.82, 2.24) is 0 Å². The molecule has 1 saturated carbocycles. The van der Waals surface area contributed by atoms with E-state index >= 15 is 0 Å². The van der Waals surface area contributed by atoms with Gasteiger partial charge in [-0.2, -0.15) is 0 Å². The standard InChI is InChI=1S/C16H20O3/c1-2-15(17)13-7-9-14(10-8-13)19-11-16(18)12-5-3-4-6-12/h7-10,12H,2-6,11H2,1H3. The van der Waals surface area contributed by atoms with Crippen LogP contribution in [0.4, 0.5) is 0 Å². The van der Waals surface area contributed by atoms with Crippen LogP contribution in [-0.2, 0) is 4.79 Å². The second-order valence-corrected chi connectivity index (χ2v) is 5.04. The Hall–Kier alpha value is -1.64. The minimum absolute atomic E-state index is 0.119. The van der Waals surface area contributed by atoms with E-state index in [1.54, 1.807) is 24.3 Å². The fourth-order valence-corrected chi connectivity index (χ4v) is 2.46. The van der Waals surface area contributed by atoms with Crippen molar-refractivity contribution in [2.45, 2.75) is 39.0 Å². The average Bonchev–Trinajstić information content (AvgIpc) is 2.98. The highest BCUT2D eigenvalue weighted by atomic mass is 16.5. The van der Waals surface area contributed by atoms with Crippen LogP contribution in [0.5, 0.6) is 5.75 Å². The molecule has 0 saturated heterocycles. The first-order valence-corrected chi connectivity index (χ1v) is 6.99. The van der Waals surface area contributed by atoms with Crippen molar-refractivity contribution in [2.24, 2.45) is 5.92 Å². The van der Waals surface area contributed by atoms with Gasteiger partial charge in [0.1, 0.15) is 12.4 Å². The average molecular weight is 260 g/mol. The molecule has 2 rings (SSSR count). The molecule has 1 aliphatic carbocycles. The summed E-state index contributed by atoms with van der Waals surface area (Å²) in [5.74, 6) is 1.17. The first kappa shape index (κ1) is 13.8. The van der Waals surface area contributed by atoms with Crippen molar-refractivity contribution in [2.75, 3.05) is 6.61 Å². The number of ether oxygens (including phenoxy) is 1. The fourth-order valence-electron chi connectivity index (χ4n) is 2.46. The van der Waals surface area contributed by atoms with E-state index in [-0.39, 0.29) is 24.1 Å². The molecule has 0 spiro atoms. The quantitative estimate of drug-likeness (QED) is 0.736. The lowest BCUT2D eigenvalue weighted by Gasteiger charge is -2.09. The van der Waals surface area contributed by atoms with Crippen LogP contribution in [0.2, 0.25) is 0 Å². The Morgan fingerprint density at radius 1 is 1.16 bits per heavy atom. The molecule has 0 radical (unpaired) electrons. The Balaban J connectivity index is 1.85. The Morgan fingerprint density at radius 2 is 1.79 bits per heavy atom. The molecule has 0 unspecified atom stereocenters. The van der Waals surface area contributed by atoms with E-state index < -0.39 is 0 Å². The SMILES string of the molecule is CCC(=O)c1ccc(OCC(=O)C2CCCC2)cc1. The van der Waals surface area contributed by atoms with E-state index in [0.717, 1.165) is 25.7 Å². The molecule has 19 heavy (non-hydrogen) atoms. The first-order valence-electron chi connectivity index (χ1n) is 6.99. The molecule has 0 atom stereocenters. The second-order valence-electron chi connectivity index (χ2n) is 5.04. The molecule has 0 bridgehead atoms. The van der Waals surface area contributed by atoms with Crippen molar-refractivity contribution in [3.63, 3.8) is 0 Å². The van der Waals surface area contributed by atoms with Crippen LogP contribution in [0.25, 0.3) is 0 Å². The van der Waals surface area contributed by atoms with Crippen molar-refractivity contribution in [3.05, 3.63) is 29.8 Å². The number of carbonyl (C=O) groups excluding carboxylic acids is 2. The molecule has 3 nitrogen and oxygen atoms in total. The summed E-state index contributed by atoms with van der Waals surface area (Å²) in [6.45, 7) is 1.98. The van der Waals surface area contributed by atoms with Crippen molar-refractivity contribution >= 4 is 11.6 Å². The smallest absolute Gasteiger partial charge is 0.173 e. The summed E-state index contributed by atoms with van der Waals surface area (Å²) in [7, 11) is 0. The molecular weight excluding hydrogens is 240 g/mol. The number of hydrogen-bond acceptors (Lipinski definition) is 3. The number of rotatable bonds is 6. The predicted octanol–water partition coefficient (Wildman–Crippen LogP) is 3.42. The Labute approximate surface area is 114 Å². The zero-order valence-corrected chi connectivity index (χ0v) is 11.4. The summed E-state index contributed by atoms with van der Waals surface area (Å²) in [5.41, 5.74) is 0.692. The molecule has 102 valence electrons. The summed E-state index contributed by atoms with van der Waals surface area (Å²) in [6, 6.07) is 7.01. The zero-order valence-electron chi connectivity index (χ0n) is 11.4. The number of benzene rings is 1. The highest BCUT2D eigenvalue weighted by Crippen LogP contribution is 2.25. The monoisotopic (exact) mass is 260 g/mol. The van der Waals surface area contributed by atoms with Gasteiger partial charge in [-0.3, -0.25) is 9.59 Å². The molecule has 0 amide bonds. The number of ketones is 2. The van der Waals surface area contributed by atoms with Crippen LogP contribution in [0.1, 0.15) is 49.4 Å². The Kier molecular flexibility index (Phi) is 4.72. The minimum Gasteiger partial charge on any atom is -0.486 e. The van der Waals surface area contributed by atoms with Gasteiger partial charge in [0.15, 0.2) is 11.6 Å². The fraction of sp³-hybridized carbons (Fsp3) is 0.500. The maximum atomic E-state index is 11.9. The summed E-state index contributed by atoms with van der Waals surface area (Å²) in [6.07, 6.45) is 4.83. The molecule has 1 aromatic rings. The highest BCUT2D eigenvalue weighted by Gasteiger charge is 2.22. The van der Waals surface area contributed by atoms with Gasteiger partial charge >= 0.3 is 0 Å². The topological polar surface area (TPSA) is 43.4 Å². The number of hydrogen-bond donors (Lipinski definition) is 0. The molecule has 1 aromatic carbocycles. The van der Waals surface area contributed by atoms with Gasteiger partial charge in [-0.25, -0.2) is 0 Å². The zero-order chi connectivity index (χ0) is 13.7. The number of carbonyl (C=O) groups is 2. The molecular formula is C16H20O3. The first-order chi connectivity index (χ1) is 9.20. The van der Waals surface area contributed by atoms with E-state index in [0.29, 0.717) is 17.7 Å². The maximum Gasteiger partial charge on any atom is 0.173 e. The van der Waals surface area contributed by atoms with Crippen molar-refractivity contribution < 1.29 is 14.3 Å². The third-order valence-electron chi connectivity index (χ3n) is 3.69. The lowest BCUT2D eigenvalue weighted by atomic mass is 10.0. The molecule has 3 heteroatoms. The van der Waals surface area contributed by atoms with Crippen LogP contribution in [0.15, 0.2) is 24.3 Å².